The molecule has 2 N–H and O–H groups in total. The Labute approximate surface area is 99.4 Å². The van der Waals surface area contributed by atoms with Gasteiger partial charge in [0.05, 0.1) is 0 Å². The zero-order valence-corrected chi connectivity index (χ0v) is 10.7. The van der Waals surface area contributed by atoms with Gasteiger partial charge in [0.2, 0.25) is 5.91 Å². The zero-order valence-electron chi connectivity index (χ0n) is 10.7. The number of rotatable bonds is 8. The molecule has 0 saturated heterocycles. The summed E-state index contributed by atoms with van der Waals surface area (Å²) in [4.78, 5) is 14.1. The summed E-state index contributed by atoms with van der Waals surface area (Å²) in [7, 11) is 0. The second-order valence-corrected chi connectivity index (χ2v) is 5.08. The number of nitrogens with two attached hydrogens (primary N) is 1. The van der Waals surface area contributed by atoms with Crippen molar-refractivity contribution in [2.75, 3.05) is 6.54 Å². The van der Waals surface area contributed by atoms with Gasteiger partial charge in [-0.2, -0.15) is 0 Å². The summed E-state index contributed by atoms with van der Waals surface area (Å²) in [5.41, 5.74) is 5.43. The van der Waals surface area contributed by atoms with Crippen LogP contribution in [0, 0.1) is 0 Å². The van der Waals surface area contributed by atoms with E-state index in [1.807, 2.05) is 0 Å². The number of hydrogen-bond donors (Lipinski definition) is 1. The lowest BCUT2D eigenvalue weighted by Gasteiger charge is -2.26. The molecule has 16 heavy (non-hydrogen) atoms. The second-order valence-electron chi connectivity index (χ2n) is 5.08. The van der Waals surface area contributed by atoms with Crippen molar-refractivity contribution in [3.63, 3.8) is 0 Å². The van der Waals surface area contributed by atoms with E-state index in [4.69, 9.17) is 5.73 Å². The molecule has 0 aromatic heterocycles. The zero-order chi connectivity index (χ0) is 12.0. The van der Waals surface area contributed by atoms with E-state index >= 15 is 0 Å². The van der Waals surface area contributed by atoms with Crippen molar-refractivity contribution in [2.45, 2.75) is 70.9 Å². The molecular formula is C13H26N2O. The normalized spacial score (nSPS) is 15.5. The fraction of sp³-hybridized carbons (Fsp3) is 0.923. The Bertz CT molecular complexity index is 210. The Morgan fingerprint density at radius 3 is 2.38 bits per heavy atom. The van der Waals surface area contributed by atoms with Gasteiger partial charge in [0, 0.05) is 18.5 Å². The van der Waals surface area contributed by atoms with E-state index < -0.39 is 0 Å². The molecule has 1 aliphatic rings. The van der Waals surface area contributed by atoms with Gasteiger partial charge in [-0.3, -0.25) is 4.79 Å². The lowest BCUT2D eigenvalue weighted by atomic mass is 10.1. The van der Waals surface area contributed by atoms with Crippen LogP contribution in [0.3, 0.4) is 0 Å². The Balaban J connectivity index is 2.16. The number of nitrogens with zero attached hydrogens (tertiary/aromatic N) is 1. The summed E-state index contributed by atoms with van der Waals surface area (Å²) < 4.78 is 0. The van der Waals surface area contributed by atoms with Crippen molar-refractivity contribution in [3.8, 4) is 0 Å². The van der Waals surface area contributed by atoms with Gasteiger partial charge in [0.1, 0.15) is 0 Å². The van der Waals surface area contributed by atoms with E-state index in [-0.39, 0.29) is 0 Å². The van der Waals surface area contributed by atoms with E-state index in [0.717, 1.165) is 38.6 Å². The second kappa shape index (κ2) is 6.89. The molecule has 0 spiro atoms. The first-order chi connectivity index (χ1) is 7.66. The fourth-order valence-corrected chi connectivity index (χ4v) is 2.17. The van der Waals surface area contributed by atoms with Crippen LogP contribution < -0.4 is 5.73 Å². The molecule has 1 saturated carbocycles. The van der Waals surface area contributed by atoms with E-state index in [9.17, 15) is 4.79 Å². The van der Waals surface area contributed by atoms with Crippen LogP contribution in [0.1, 0.15) is 58.8 Å². The molecule has 0 radical (unpaired) electrons. The Hall–Kier alpha value is -0.570. The van der Waals surface area contributed by atoms with Gasteiger partial charge in [-0.15, -0.1) is 0 Å². The van der Waals surface area contributed by atoms with Crippen molar-refractivity contribution in [2.24, 2.45) is 5.73 Å². The van der Waals surface area contributed by atoms with Gasteiger partial charge in [0.25, 0.3) is 0 Å². The van der Waals surface area contributed by atoms with E-state index in [2.05, 4.69) is 18.7 Å². The van der Waals surface area contributed by atoms with Crippen LogP contribution in [0.2, 0.25) is 0 Å². The van der Waals surface area contributed by atoms with Crippen LogP contribution in [0.5, 0.6) is 0 Å². The lowest BCUT2D eigenvalue weighted by Crippen LogP contribution is -2.38. The first-order valence-corrected chi connectivity index (χ1v) is 6.68. The summed E-state index contributed by atoms with van der Waals surface area (Å²) in [5.74, 6) is 0.352. The van der Waals surface area contributed by atoms with Crippen molar-refractivity contribution in [1.82, 2.24) is 4.90 Å². The maximum Gasteiger partial charge on any atom is 0.223 e. The fourth-order valence-electron chi connectivity index (χ4n) is 2.17. The van der Waals surface area contributed by atoms with Gasteiger partial charge in [0.15, 0.2) is 0 Å². The van der Waals surface area contributed by atoms with Gasteiger partial charge in [-0.25, -0.2) is 0 Å². The maximum absolute atomic E-state index is 12.0. The number of amides is 1. The average molecular weight is 226 g/mol. The highest BCUT2D eigenvalue weighted by Crippen LogP contribution is 2.29. The molecule has 0 unspecified atom stereocenters. The standard InChI is InChI=1S/C13H26N2O/c1-11(2)15(12-8-9-12)13(16)7-5-3-4-6-10-14/h11-12H,3-10,14H2,1-2H3. The topological polar surface area (TPSA) is 46.3 Å². The molecule has 1 amide bonds. The number of carbonyl (C=O) groups is 1. The highest BCUT2D eigenvalue weighted by atomic mass is 16.2. The first kappa shape index (κ1) is 13.5. The minimum absolute atomic E-state index is 0.352. The molecule has 1 aliphatic carbocycles. The SMILES string of the molecule is CC(C)N(C(=O)CCCCCCN)C1CC1. The monoisotopic (exact) mass is 226 g/mol. The molecule has 1 rings (SSSR count). The van der Waals surface area contributed by atoms with Crippen LogP contribution in [0.25, 0.3) is 0 Å². The molecule has 0 aromatic carbocycles. The number of hydrogen-bond acceptors (Lipinski definition) is 2. The van der Waals surface area contributed by atoms with Crippen molar-refractivity contribution < 1.29 is 4.79 Å². The third-order valence-corrected chi connectivity index (χ3v) is 3.13. The number of carbonyl (C=O) groups excluding carboxylic acids is 1. The minimum Gasteiger partial charge on any atom is -0.337 e. The summed E-state index contributed by atoms with van der Waals surface area (Å²) in [6, 6.07) is 0.917. The largest absolute Gasteiger partial charge is 0.337 e. The smallest absolute Gasteiger partial charge is 0.223 e. The Kier molecular flexibility index (Phi) is 5.81. The minimum atomic E-state index is 0.352. The molecule has 0 bridgehead atoms. The lowest BCUT2D eigenvalue weighted by molar-refractivity contribution is -0.133. The van der Waals surface area contributed by atoms with Crippen LogP contribution in [-0.2, 0) is 4.79 Å². The van der Waals surface area contributed by atoms with Crippen molar-refractivity contribution in [3.05, 3.63) is 0 Å². The first-order valence-electron chi connectivity index (χ1n) is 6.68. The predicted octanol–water partition coefficient (Wildman–Crippen LogP) is 2.29. The van der Waals surface area contributed by atoms with Crippen LogP contribution >= 0.6 is 0 Å². The average Bonchev–Trinajstić information content (AvgIpc) is 3.01. The van der Waals surface area contributed by atoms with Crippen molar-refractivity contribution >= 4 is 5.91 Å². The van der Waals surface area contributed by atoms with Gasteiger partial charge in [-0.05, 0) is 46.1 Å². The third-order valence-electron chi connectivity index (χ3n) is 3.13. The van der Waals surface area contributed by atoms with Gasteiger partial charge < -0.3 is 10.6 Å². The third kappa shape index (κ3) is 4.52. The Morgan fingerprint density at radius 2 is 1.88 bits per heavy atom. The molecule has 1 fully saturated rings. The molecule has 94 valence electrons. The molecule has 3 nitrogen and oxygen atoms in total. The van der Waals surface area contributed by atoms with Gasteiger partial charge in [-0.1, -0.05) is 12.8 Å². The van der Waals surface area contributed by atoms with E-state index in [1.165, 1.54) is 12.8 Å². The molecule has 3 heteroatoms. The van der Waals surface area contributed by atoms with E-state index in [1.54, 1.807) is 0 Å². The summed E-state index contributed by atoms with van der Waals surface area (Å²) in [5, 5.41) is 0. The van der Waals surface area contributed by atoms with E-state index in [0.29, 0.717) is 18.0 Å². The van der Waals surface area contributed by atoms with Crippen molar-refractivity contribution in [1.29, 1.82) is 0 Å². The summed E-state index contributed by atoms with van der Waals surface area (Å²) in [6.07, 6.45) is 7.54. The Morgan fingerprint density at radius 1 is 1.25 bits per heavy atom. The predicted molar refractivity (Wildman–Crippen MR) is 67.1 cm³/mol. The van der Waals surface area contributed by atoms with Gasteiger partial charge >= 0.3 is 0 Å². The summed E-state index contributed by atoms with van der Waals surface area (Å²) in [6.45, 7) is 5.00. The van der Waals surface area contributed by atoms with Crippen LogP contribution in [0.4, 0.5) is 0 Å². The highest BCUT2D eigenvalue weighted by molar-refractivity contribution is 5.77. The maximum atomic E-state index is 12.0. The highest BCUT2D eigenvalue weighted by Gasteiger charge is 2.33. The molecule has 0 aliphatic heterocycles. The molecule has 0 atom stereocenters. The molecule has 0 heterocycles. The number of unbranched alkanes of at least 4 members (excludes halogenated alkanes) is 3. The van der Waals surface area contributed by atoms with Crippen LogP contribution in [0.15, 0.2) is 0 Å². The quantitative estimate of drug-likeness (QED) is 0.645. The van der Waals surface area contributed by atoms with Crippen LogP contribution in [-0.4, -0.2) is 29.4 Å². The summed E-state index contributed by atoms with van der Waals surface area (Å²) >= 11 is 0. The molecule has 0 aromatic rings. The molecular weight excluding hydrogens is 200 g/mol.